The molecule has 0 aromatic heterocycles. The molecule has 1 N–H and O–H groups in total. The summed E-state index contributed by atoms with van der Waals surface area (Å²) < 4.78 is 10.8. The summed E-state index contributed by atoms with van der Waals surface area (Å²) in [6.45, 7) is 1.57. The van der Waals surface area contributed by atoms with Crippen LogP contribution in [0.2, 0.25) is 0 Å². The van der Waals surface area contributed by atoms with Gasteiger partial charge in [0.2, 0.25) is 5.91 Å². The fourth-order valence-corrected chi connectivity index (χ4v) is 3.39. The number of carbonyl (C=O) groups excluding carboxylic acids is 2. The summed E-state index contributed by atoms with van der Waals surface area (Å²) in [7, 11) is 3.26. The van der Waals surface area contributed by atoms with Gasteiger partial charge in [0.1, 0.15) is 11.5 Å². The van der Waals surface area contributed by atoms with Crippen LogP contribution in [0, 0.1) is 0 Å². The molecule has 2 heterocycles. The van der Waals surface area contributed by atoms with Gasteiger partial charge in [0.25, 0.3) is 0 Å². The summed E-state index contributed by atoms with van der Waals surface area (Å²) in [5.41, 5.74) is 1.06. The molecule has 3 rings (SSSR count). The third-order valence-electron chi connectivity index (χ3n) is 4.65. The van der Waals surface area contributed by atoms with Crippen LogP contribution in [0.1, 0.15) is 30.9 Å². The van der Waals surface area contributed by atoms with Gasteiger partial charge >= 0.3 is 6.03 Å². The van der Waals surface area contributed by atoms with Crippen molar-refractivity contribution in [2.24, 2.45) is 0 Å². The number of hydrogen-bond donors (Lipinski definition) is 1. The maximum absolute atomic E-state index is 12.0. The first-order chi connectivity index (χ1) is 11.6. The number of benzene rings is 1. The lowest BCUT2D eigenvalue weighted by Crippen LogP contribution is -2.53. The minimum absolute atomic E-state index is 0.119. The van der Waals surface area contributed by atoms with Gasteiger partial charge in [-0.3, -0.25) is 14.6 Å². The van der Waals surface area contributed by atoms with Gasteiger partial charge in [-0.25, -0.2) is 4.79 Å². The number of nitrogens with one attached hydrogen (secondary N) is 1. The summed E-state index contributed by atoms with van der Waals surface area (Å²) in [5.74, 6) is 1.39. The lowest BCUT2D eigenvalue weighted by atomic mass is 10.0. The monoisotopic (exact) mass is 333 g/mol. The van der Waals surface area contributed by atoms with E-state index in [4.69, 9.17) is 9.47 Å². The molecule has 2 saturated heterocycles. The molecule has 0 radical (unpaired) electrons. The van der Waals surface area contributed by atoms with Gasteiger partial charge in [-0.2, -0.15) is 0 Å². The summed E-state index contributed by atoms with van der Waals surface area (Å²) in [6.07, 6.45) is 2.34. The van der Waals surface area contributed by atoms with Crippen molar-refractivity contribution < 1.29 is 19.1 Å². The van der Waals surface area contributed by atoms with Crippen LogP contribution in [-0.2, 0) is 4.79 Å². The van der Waals surface area contributed by atoms with Gasteiger partial charge in [0.05, 0.1) is 20.9 Å². The van der Waals surface area contributed by atoms with E-state index >= 15 is 0 Å². The van der Waals surface area contributed by atoms with Crippen molar-refractivity contribution in [2.45, 2.75) is 25.3 Å². The highest BCUT2D eigenvalue weighted by Crippen LogP contribution is 2.38. The quantitative estimate of drug-likeness (QED) is 0.889. The van der Waals surface area contributed by atoms with Gasteiger partial charge < -0.3 is 14.8 Å². The lowest BCUT2D eigenvalue weighted by Gasteiger charge is -2.33. The van der Waals surface area contributed by atoms with Crippen molar-refractivity contribution in [1.82, 2.24) is 15.1 Å². The molecule has 7 nitrogen and oxygen atoms in total. The van der Waals surface area contributed by atoms with Crippen LogP contribution < -0.4 is 14.8 Å². The number of likely N-dealkylation sites (tertiary alicyclic amines) is 1. The van der Waals surface area contributed by atoms with Crippen LogP contribution in [-0.4, -0.2) is 55.7 Å². The minimum Gasteiger partial charge on any atom is -0.497 e. The van der Waals surface area contributed by atoms with E-state index < -0.39 is 0 Å². The number of carbonyl (C=O) groups is 2. The van der Waals surface area contributed by atoms with Crippen molar-refractivity contribution >= 4 is 11.9 Å². The number of imide groups is 1. The molecular formula is C17H23N3O4. The van der Waals surface area contributed by atoms with Crippen LogP contribution in [0.15, 0.2) is 18.2 Å². The van der Waals surface area contributed by atoms with E-state index in [1.165, 1.54) is 4.90 Å². The number of methoxy groups -OCH3 is 2. The van der Waals surface area contributed by atoms with Gasteiger partial charge in [0, 0.05) is 37.2 Å². The van der Waals surface area contributed by atoms with E-state index in [1.54, 1.807) is 14.2 Å². The Morgan fingerprint density at radius 2 is 2.08 bits per heavy atom. The van der Waals surface area contributed by atoms with E-state index in [1.807, 2.05) is 18.2 Å². The molecular weight excluding hydrogens is 310 g/mol. The minimum atomic E-state index is -0.307. The topological polar surface area (TPSA) is 71.1 Å². The zero-order valence-electron chi connectivity index (χ0n) is 14.1. The Balaban J connectivity index is 1.80. The first-order valence-electron chi connectivity index (χ1n) is 8.18. The van der Waals surface area contributed by atoms with Crippen molar-refractivity contribution in [3.8, 4) is 11.5 Å². The lowest BCUT2D eigenvalue weighted by molar-refractivity contribution is -0.131. The smallest absolute Gasteiger partial charge is 0.325 e. The summed E-state index contributed by atoms with van der Waals surface area (Å²) in [4.78, 5) is 27.5. The average molecular weight is 333 g/mol. The molecule has 7 heteroatoms. The van der Waals surface area contributed by atoms with Crippen molar-refractivity contribution in [1.29, 1.82) is 0 Å². The highest BCUT2D eigenvalue weighted by Gasteiger charge is 2.34. The average Bonchev–Trinajstić information content (AvgIpc) is 3.05. The van der Waals surface area contributed by atoms with Crippen LogP contribution >= 0.6 is 0 Å². The van der Waals surface area contributed by atoms with E-state index in [-0.39, 0.29) is 18.0 Å². The van der Waals surface area contributed by atoms with E-state index in [2.05, 4.69) is 10.2 Å². The third-order valence-corrected chi connectivity index (χ3v) is 4.65. The molecule has 130 valence electrons. The highest BCUT2D eigenvalue weighted by atomic mass is 16.5. The zero-order chi connectivity index (χ0) is 17.1. The van der Waals surface area contributed by atoms with Crippen LogP contribution in [0.4, 0.5) is 4.79 Å². The summed E-state index contributed by atoms with van der Waals surface area (Å²) in [5, 5.41) is 2.73. The molecule has 3 amide bonds. The van der Waals surface area contributed by atoms with Crippen LogP contribution in [0.5, 0.6) is 11.5 Å². The predicted molar refractivity (Wildman–Crippen MR) is 88.0 cm³/mol. The van der Waals surface area contributed by atoms with Crippen molar-refractivity contribution in [3.63, 3.8) is 0 Å². The van der Waals surface area contributed by atoms with Gasteiger partial charge in [-0.1, -0.05) is 6.07 Å². The zero-order valence-corrected chi connectivity index (χ0v) is 14.1. The summed E-state index contributed by atoms with van der Waals surface area (Å²) in [6, 6.07) is 5.59. The molecule has 2 aliphatic heterocycles. The van der Waals surface area contributed by atoms with E-state index in [0.29, 0.717) is 19.6 Å². The molecule has 0 saturated carbocycles. The number of amides is 3. The number of urea groups is 1. The SMILES string of the molecule is COc1ccc([C@@H]2CCCN2CN2C(=O)CCNC2=O)c(OC)c1. The molecule has 0 aliphatic carbocycles. The second-order valence-corrected chi connectivity index (χ2v) is 6.02. The maximum Gasteiger partial charge on any atom is 0.325 e. The Bertz CT molecular complexity index is 618. The number of nitrogens with zero attached hydrogens (tertiary/aromatic N) is 2. The Morgan fingerprint density at radius 1 is 1.25 bits per heavy atom. The number of hydrogen-bond acceptors (Lipinski definition) is 5. The van der Waals surface area contributed by atoms with E-state index in [0.717, 1.165) is 36.4 Å². The maximum atomic E-state index is 12.0. The molecule has 2 aliphatic rings. The molecule has 0 spiro atoms. The van der Waals surface area contributed by atoms with Gasteiger partial charge in [0.15, 0.2) is 0 Å². The van der Waals surface area contributed by atoms with Gasteiger partial charge in [-0.15, -0.1) is 0 Å². The normalized spacial score (nSPS) is 21.8. The molecule has 0 unspecified atom stereocenters. The molecule has 0 bridgehead atoms. The predicted octanol–water partition coefficient (Wildman–Crippen LogP) is 1.74. The van der Waals surface area contributed by atoms with Crippen molar-refractivity contribution in [2.75, 3.05) is 34.0 Å². The standard InChI is InChI=1S/C17H23N3O4/c1-23-12-5-6-13(15(10-12)24-2)14-4-3-9-19(14)11-20-16(21)7-8-18-17(20)22/h5-6,10,14H,3-4,7-9,11H2,1-2H3,(H,18,22)/t14-/m0/s1. The van der Waals surface area contributed by atoms with Crippen LogP contribution in [0.25, 0.3) is 0 Å². The third kappa shape index (κ3) is 3.17. The number of ether oxygens (including phenoxy) is 2. The second kappa shape index (κ2) is 7.09. The fraction of sp³-hybridized carbons (Fsp3) is 0.529. The highest BCUT2D eigenvalue weighted by molar-refractivity contribution is 5.96. The van der Waals surface area contributed by atoms with Gasteiger partial charge in [-0.05, 0) is 18.9 Å². The second-order valence-electron chi connectivity index (χ2n) is 6.02. The molecule has 1 atom stereocenters. The molecule has 24 heavy (non-hydrogen) atoms. The number of rotatable bonds is 5. The Kier molecular flexibility index (Phi) is 4.89. The first kappa shape index (κ1) is 16.6. The fourth-order valence-electron chi connectivity index (χ4n) is 3.39. The Hall–Kier alpha value is -2.28. The van der Waals surface area contributed by atoms with Crippen molar-refractivity contribution in [3.05, 3.63) is 23.8 Å². The van der Waals surface area contributed by atoms with Crippen LogP contribution in [0.3, 0.4) is 0 Å². The molecule has 1 aromatic carbocycles. The molecule has 1 aromatic rings. The summed E-state index contributed by atoms with van der Waals surface area (Å²) >= 11 is 0. The first-order valence-corrected chi connectivity index (χ1v) is 8.18. The Labute approximate surface area is 141 Å². The molecule has 2 fully saturated rings. The Morgan fingerprint density at radius 3 is 2.79 bits per heavy atom. The largest absolute Gasteiger partial charge is 0.497 e. The van der Waals surface area contributed by atoms with E-state index in [9.17, 15) is 9.59 Å².